The highest BCUT2D eigenvalue weighted by molar-refractivity contribution is 5.81. The zero-order chi connectivity index (χ0) is 7.68. The van der Waals surface area contributed by atoms with E-state index in [1.165, 1.54) is 10.9 Å². The van der Waals surface area contributed by atoms with Gasteiger partial charge in [0.25, 0.3) is 0 Å². The van der Waals surface area contributed by atoms with E-state index in [0.29, 0.717) is 0 Å². The molecule has 0 saturated carbocycles. The van der Waals surface area contributed by atoms with Crippen LogP contribution in [0.15, 0.2) is 36.5 Å². The first-order valence-electron chi connectivity index (χ1n) is 3.68. The lowest BCUT2D eigenvalue weighted by atomic mass is 10.1. The molecule has 0 atom stereocenters. The maximum absolute atomic E-state index is 4.24. The van der Waals surface area contributed by atoms with E-state index in [2.05, 4.69) is 18.0 Å². The molecule has 0 amide bonds. The van der Waals surface area contributed by atoms with Crippen LogP contribution < -0.4 is 0 Å². The second-order valence-electron chi connectivity index (χ2n) is 2.64. The molecule has 2 rings (SSSR count). The first kappa shape index (κ1) is 9.25. The topological polar surface area (TPSA) is 12.9 Å². The predicted molar refractivity (Wildman–Crippen MR) is 56.4 cm³/mol. The minimum atomic E-state index is 0. The summed E-state index contributed by atoms with van der Waals surface area (Å²) in [4.78, 5) is 4.24. The number of hydrogen-bond acceptors (Lipinski definition) is 1. The molecule has 0 fully saturated rings. The Morgan fingerprint density at radius 2 is 1.83 bits per heavy atom. The Kier molecular flexibility index (Phi) is 2.86. The van der Waals surface area contributed by atoms with Crippen LogP contribution in [0.4, 0.5) is 0 Å². The lowest BCUT2D eigenvalue weighted by Gasteiger charge is -1.97. The summed E-state index contributed by atoms with van der Waals surface area (Å²) < 4.78 is 0. The SMILES string of the molecule is Cc1ccnc2ccccc12.[AlH3]. The van der Waals surface area contributed by atoms with Gasteiger partial charge in [0.1, 0.15) is 0 Å². The largest absolute Gasteiger partial charge is 0.256 e. The molecule has 0 unspecified atom stereocenters. The normalized spacial score (nSPS) is 9.42. The highest BCUT2D eigenvalue weighted by Crippen LogP contribution is 2.13. The molecular formula is C10H12AlN. The minimum Gasteiger partial charge on any atom is -0.256 e. The van der Waals surface area contributed by atoms with Gasteiger partial charge < -0.3 is 0 Å². The number of aromatic nitrogens is 1. The summed E-state index contributed by atoms with van der Waals surface area (Å²) in [5, 5.41) is 1.25. The fourth-order valence-corrected chi connectivity index (χ4v) is 1.24. The van der Waals surface area contributed by atoms with Crippen LogP contribution in [0.3, 0.4) is 0 Å². The Balaban J connectivity index is 0.000000720. The van der Waals surface area contributed by atoms with E-state index in [0.717, 1.165) is 5.52 Å². The van der Waals surface area contributed by atoms with Gasteiger partial charge in [-0.25, -0.2) is 0 Å². The van der Waals surface area contributed by atoms with Crippen molar-refractivity contribution in [1.82, 2.24) is 4.98 Å². The van der Waals surface area contributed by atoms with Crippen LogP contribution in [-0.2, 0) is 0 Å². The molecule has 0 spiro atoms. The van der Waals surface area contributed by atoms with Crippen LogP contribution in [0, 0.1) is 6.92 Å². The molecule has 1 heterocycles. The van der Waals surface area contributed by atoms with Crippen LogP contribution in [-0.4, -0.2) is 22.3 Å². The van der Waals surface area contributed by atoms with Crippen molar-refractivity contribution in [1.29, 1.82) is 0 Å². The van der Waals surface area contributed by atoms with Gasteiger partial charge in [0.15, 0.2) is 17.4 Å². The van der Waals surface area contributed by atoms with Crippen molar-refractivity contribution in [3.63, 3.8) is 0 Å². The number of nitrogens with zero attached hydrogens (tertiary/aromatic N) is 1. The number of rotatable bonds is 0. The Bertz CT molecular complexity index is 379. The maximum atomic E-state index is 4.24. The lowest BCUT2D eigenvalue weighted by Crippen LogP contribution is -1.79. The third kappa shape index (κ3) is 1.50. The molecule has 1 aromatic carbocycles. The molecule has 60 valence electrons. The molecule has 0 aliphatic rings. The third-order valence-electron chi connectivity index (χ3n) is 1.87. The molecule has 0 radical (unpaired) electrons. The monoisotopic (exact) mass is 173 g/mol. The van der Waals surface area contributed by atoms with E-state index in [4.69, 9.17) is 0 Å². The van der Waals surface area contributed by atoms with E-state index in [-0.39, 0.29) is 17.4 Å². The molecule has 0 aliphatic heterocycles. The standard InChI is InChI=1S/C10H9N.Al.3H/c1-8-6-7-11-10-5-3-2-4-9(8)10;;;;/h2-7H,1H3;;;;. The Morgan fingerprint density at radius 3 is 2.58 bits per heavy atom. The first-order valence-corrected chi connectivity index (χ1v) is 3.68. The summed E-state index contributed by atoms with van der Waals surface area (Å²) in [5.74, 6) is 0. The van der Waals surface area contributed by atoms with Gasteiger partial charge in [-0.1, -0.05) is 18.2 Å². The van der Waals surface area contributed by atoms with E-state index < -0.39 is 0 Å². The predicted octanol–water partition coefficient (Wildman–Crippen LogP) is 1.36. The van der Waals surface area contributed by atoms with Crippen molar-refractivity contribution in [2.45, 2.75) is 6.92 Å². The average Bonchev–Trinajstić information content (AvgIpc) is 2.06. The quantitative estimate of drug-likeness (QED) is 0.548. The lowest BCUT2D eigenvalue weighted by molar-refractivity contribution is 1.37. The van der Waals surface area contributed by atoms with Crippen LogP contribution in [0.5, 0.6) is 0 Å². The van der Waals surface area contributed by atoms with Crippen molar-refractivity contribution in [2.24, 2.45) is 0 Å². The molecule has 0 aliphatic carbocycles. The molecule has 1 aromatic heterocycles. The summed E-state index contributed by atoms with van der Waals surface area (Å²) in [6.07, 6.45) is 1.84. The number of para-hydroxylation sites is 1. The zero-order valence-corrected chi connectivity index (χ0v) is 6.41. The Morgan fingerprint density at radius 1 is 1.08 bits per heavy atom. The van der Waals surface area contributed by atoms with Gasteiger partial charge in [-0.2, -0.15) is 0 Å². The zero-order valence-electron chi connectivity index (χ0n) is 6.41. The van der Waals surface area contributed by atoms with E-state index in [9.17, 15) is 0 Å². The maximum Gasteiger partial charge on any atom is 0.187 e. The summed E-state index contributed by atoms with van der Waals surface area (Å²) in [6.45, 7) is 2.10. The molecule has 2 aromatic rings. The van der Waals surface area contributed by atoms with Crippen molar-refractivity contribution >= 4 is 28.3 Å². The first-order chi connectivity index (χ1) is 5.38. The van der Waals surface area contributed by atoms with Gasteiger partial charge in [0.05, 0.1) is 5.52 Å². The van der Waals surface area contributed by atoms with Gasteiger partial charge in [0, 0.05) is 11.6 Å². The highest BCUT2D eigenvalue weighted by Gasteiger charge is 1.93. The second-order valence-corrected chi connectivity index (χ2v) is 2.64. The van der Waals surface area contributed by atoms with Crippen LogP contribution in [0.2, 0.25) is 0 Å². The third-order valence-corrected chi connectivity index (χ3v) is 1.87. The van der Waals surface area contributed by atoms with Gasteiger partial charge in [-0.3, -0.25) is 4.98 Å². The fourth-order valence-electron chi connectivity index (χ4n) is 1.24. The number of aryl methyl sites for hydroxylation is 1. The number of hydrogen-bond donors (Lipinski definition) is 0. The van der Waals surface area contributed by atoms with E-state index in [1.54, 1.807) is 0 Å². The van der Waals surface area contributed by atoms with Crippen molar-refractivity contribution < 1.29 is 0 Å². The van der Waals surface area contributed by atoms with Crippen LogP contribution >= 0.6 is 0 Å². The summed E-state index contributed by atoms with van der Waals surface area (Å²) in [6, 6.07) is 10.2. The molecule has 0 N–H and O–H groups in total. The smallest absolute Gasteiger partial charge is 0.187 e. The molecule has 0 saturated heterocycles. The molecule has 2 heteroatoms. The molecule has 12 heavy (non-hydrogen) atoms. The molecule has 1 nitrogen and oxygen atoms in total. The van der Waals surface area contributed by atoms with E-state index in [1.807, 2.05) is 30.5 Å². The van der Waals surface area contributed by atoms with Gasteiger partial charge in [-0.05, 0) is 24.6 Å². The van der Waals surface area contributed by atoms with Crippen molar-refractivity contribution in [3.8, 4) is 0 Å². The van der Waals surface area contributed by atoms with Crippen molar-refractivity contribution in [3.05, 3.63) is 42.1 Å². The van der Waals surface area contributed by atoms with Gasteiger partial charge in [0.2, 0.25) is 0 Å². The van der Waals surface area contributed by atoms with Gasteiger partial charge >= 0.3 is 0 Å². The summed E-state index contributed by atoms with van der Waals surface area (Å²) >= 11 is 0. The highest BCUT2D eigenvalue weighted by atomic mass is 27.0. The minimum absolute atomic E-state index is 0. The van der Waals surface area contributed by atoms with Crippen LogP contribution in [0.1, 0.15) is 5.56 Å². The molecule has 0 bridgehead atoms. The van der Waals surface area contributed by atoms with Gasteiger partial charge in [-0.15, -0.1) is 0 Å². The second kappa shape index (κ2) is 3.71. The van der Waals surface area contributed by atoms with Crippen LogP contribution in [0.25, 0.3) is 10.9 Å². The number of fused-ring (bicyclic) bond motifs is 1. The molecular weight excluding hydrogens is 161 g/mol. The van der Waals surface area contributed by atoms with E-state index >= 15 is 0 Å². The van der Waals surface area contributed by atoms with Crippen molar-refractivity contribution in [2.75, 3.05) is 0 Å². The fraction of sp³-hybridized carbons (Fsp3) is 0.100. The summed E-state index contributed by atoms with van der Waals surface area (Å²) in [5.41, 5.74) is 2.36. The Hall–Kier alpha value is -0.838. The number of benzene rings is 1. The Labute approximate surface area is 82.6 Å². The average molecular weight is 173 g/mol. The summed E-state index contributed by atoms with van der Waals surface area (Å²) in [7, 11) is 0. The number of pyridine rings is 1.